The van der Waals surface area contributed by atoms with Crippen molar-refractivity contribution in [3.05, 3.63) is 35.4 Å². The van der Waals surface area contributed by atoms with Gasteiger partial charge in [0.25, 0.3) is 0 Å². The molecule has 2 nitrogen and oxygen atoms in total. The average molecular weight is 246 g/mol. The maximum absolute atomic E-state index is 10.7. The van der Waals surface area contributed by atoms with Crippen molar-refractivity contribution in [3.8, 4) is 0 Å². The van der Waals surface area contributed by atoms with Crippen molar-refractivity contribution in [2.24, 2.45) is 5.92 Å². The van der Waals surface area contributed by atoms with Crippen LogP contribution in [0.4, 0.5) is 0 Å². The highest BCUT2D eigenvalue weighted by Crippen LogP contribution is 2.25. The summed E-state index contributed by atoms with van der Waals surface area (Å²) in [4.78, 5) is 10.7. The van der Waals surface area contributed by atoms with E-state index in [9.17, 15) is 4.79 Å². The van der Waals surface area contributed by atoms with Crippen LogP contribution < -0.4 is 0 Å². The molecule has 0 saturated heterocycles. The third-order valence-electron chi connectivity index (χ3n) is 3.83. The van der Waals surface area contributed by atoms with Crippen LogP contribution in [0.1, 0.15) is 43.7 Å². The first-order valence-corrected chi connectivity index (χ1v) is 6.96. The van der Waals surface area contributed by atoms with Crippen LogP contribution >= 0.6 is 0 Å². The molecule has 18 heavy (non-hydrogen) atoms. The molecule has 2 rings (SSSR count). The monoisotopic (exact) mass is 246 g/mol. The van der Waals surface area contributed by atoms with Crippen LogP contribution in [0.5, 0.6) is 0 Å². The van der Waals surface area contributed by atoms with Crippen LogP contribution in [0.2, 0.25) is 0 Å². The molecule has 0 aromatic heterocycles. The van der Waals surface area contributed by atoms with E-state index < -0.39 is 0 Å². The molecule has 2 heteroatoms. The lowest BCUT2D eigenvalue weighted by molar-refractivity contribution is -0.113. The lowest BCUT2D eigenvalue weighted by Gasteiger charge is -2.25. The second-order valence-electron chi connectivity index (χ2n) is 5.15. The first-order valence-electron chi connectivity index (χ1n) is 6.96. The van der Waals surface area contributed by atoms with Gasteiger partial charge in [0, 0.05) is 5.92 Å². The Bertz CT molecular complexity index is 361. The molecule has 0 heterocycles. The van der Waals surface area contributed by atoms with Gasteiger partial charge in [0.15, 0.2) is 0 Å². The number of hydrogen-bond donors (Lipinski definition) is 0. The van der Waals surface area contributed by atoms with Gasteiger partial charge in [0.2, 0.25) is 0 Å². The molecular weight excluding hydrogens is 224 g/mol. The van der Waals surface area contributed by atoms with Gasteiger partial charge >= 0.3 is 0 Å². The first-order chi connectivity index (χ1) is 8.81. The lowest BCUT2D eigenvalue weighted by atomic mass is 9.88. The second kappa shape index (κ2) is 6.69. The number of hydrogen-bond acceptors (Lipinski definition) is 2. The molecule has 1 aliphatic rings. The predicted molar refractivity (Wildman–Crippen MR) is 72.4 cm³/mol. The van der Waals surface area contributed by atoms with E-state index in [1.54, 1.807) is 0 Å². The highest BCUT2D eigenvalue weighted by molar-refractivity contribution is 5.53. The topological polar surface area (TPSA) is 26.3 Å². The van der Waals surface area contributed by atoms with Crippen LogP contribution in [0.15, 0.2) is 24.3 Å². The van der Waals surface area contributed by atoms with Gasteiger partial charge in [-0.05, 0) is 43.2 Å². The molecule has 1 aliphatic carbocycles. The summed E-state index contributed by atoms with van der Waals surface area (Å²) >= 11 is 0. The number of carbonyl (C=O) groups excluding carboxylic acids is 1. The van der Waals surface area contributed by atoms with E-state index in [1.165, 1.54) is 11.1 Å². The van der Waals surface area contributed by atoms with Crippen LogP contribution in [0.25, 0.3) is 0 Å². The highest BCUT2D eigenvalue weighted by atomic mass is 16.5. The Labute approximate surface area is 109 Å². The van der Waals surface area contributed by atoms with E-state index in [4.69, 9.17) is 4.74 Å². The van der Waals surface area contributed by atoms with Crippen LogP contribution in [-0.2, 0) is 22.6 Å². The zero-order chi connectivity index (χ0) is 12.8. The van der Waals surface area contributed by atoms with Gasteiger partial charge in [-0.25, -0.2) is 0 Å². The van der Waals surface area contributed by atoms with Gasteiger partial charge < -0.3 is 9.53 Å². The third-order valence-corrected chi connectivity index (χ3v) is 3.83. The summed E-state index contributed by atoms with van der Waals surface area (Å²) in [6, 6.07) is 8.63. The third kappa shape index (κ3) is 3.67. The predicted octanol–water partition coefficient (Wildman–Crippen LogP) is 3.52. The molecule has 1 aromatic rings. The summed E-state index contributed by atoms with van der Waals surface area (Å²) in [5, 5.41) is 0. The van der Waals surface area contributed by atoms with Crippen molar-refractivity contribution in [3.63, 3.8) is 0 Å². The first kappa shape index (κ1) is 13.3. The van der Waals surface area contributed by atoms with Gasteiger partial charge in [-0.1, -0.05) is 31.2 Å². The molecule has 0 atom stereocenters. The smallest absolute Gasteiger partial charge is 0.123 e. The molecule has 0 amide bonds. The number of rotatable bonds is 5. The summed E-state index contributed by atoms with van der Waals surface area (Å²) in [6.45, 7) is 2.86. The van der Waals surface area contributed by atoms with E-state index in [1.807, 2.05) is 0 Å². The van der Waals surface area contributed by atoms with Gasteiger partial charge in [-0.3, -0.25) is 0 Å². The molecule has 1 aromatic carbocycles. The molecule has 1 saturated carbocycles. The van der Waals surface area contributed by atoms with E-state index >= 15 is 0 Å². The standard InChI is InChI=1S/C16H22O2/c1-2-13-3-5-15(6-4-13)12-18-16-9-7-14(11-17)8-10-16/h3-6,11,14,16H,2,7-10,12H2,1H3. The number of carbonyl (C=O) groups is 1. The molecule has 0 aliphatic heterocycles. The van der Waals surface area contributed by atoms with Gasteiger partial charge in [0.1, 0.15) is 6.29 Å². The molecule has 0 N–H and O–H groups in total. The van der Waals surface area contributed by atoms with Gasteiger partial charge in [0.05, 0.1) is 12.7 Å². The van der Waals surface area contributed by atoms with E-state index in [0.717, 1.165) is 38.4 Å². The van der Waals surface area contributed by atoms with Crippen LogP contribution in [0.3, 0.4) is 0 Å². The molecule has 0 bridgehead atoms. The Morgan fingerprint density at radius 1 is 1.11 bits per heavy atom. The number of aryl methyl sites for hydroxylation is 1. The highest BCUT2D eigenvalue weighted by Gasteiger charge is 2.20. The Balaban J connectivity index is 1.76. The minimum absolute atomic E-state index is 0.272. The summed E-state index contributed by atoms with van der Waals surface area (Å²) < 4.78 is 5.92. The summed E-state index contributed by atoms with van der Waals surface area (Å²) in [6.07, 6.45) is 6.54. The van der Waals surface area contributed by atoms with Crippen LogP contribution in [0, 0.1) is 5.92 Å². The quantitative estimate of drug-likeness (QED) is 0.743. The minimum atomic E-state index is 0.272. The zero-order valence-corrected chi connectivity index (χ0v) is 11.1. The van der Waals surface area contributed by atoms with Crippen molar-refractivity contribution in [1.82, 2.24) is 0 Å². The van der Waals surface area contributed by atoms with E-state index in [-0.39, 0.29) is 5.92 Å². The normalized spacial score (nSPS) is 23.8. The average Bonchev–Trinajstić information content (AvgIpc) is 2.46. The molecular formula is C16H22O2. The van der Waals surface area contributed by atoms with Crippen molar-refractivity contribution >= 4 is 6.29 Å². The number of aldehydes is 1. The Hall–Kier alpha value is -1.15. The minimum Gasteiger partial charge on any atom is -0.374 e. The Morgan fingerprint density at radius 3 is 2.28 bits per heavy atom. The summed E-state index contributed by atoms with van der Waals surface area (Å²) in [7, 11) is 0. The zero-order valence-electron chi connectivity index (χ0n) is 11.1. The SMILES string of the molecule is CCc1ccc(COC2CCC(C=O)CC2)cc1. The van der Waals surface area contributed by atoms with Crippen molar-refractivity contribution < 1.29 is 9.53 Å². The van der Waals surface area contributed by atoms with Crippen LogP contribution in [-0.4, -0.2) is 12.4 Å². The maximum Gasteiger partial charge on any atom is 0.123 e. The van der Waals surface area contributed by atoms with Gasteiger partial charge in [-0.2, -0.15) is 0 Å². The summed E-state index contributed by atoms with van der Waals surface area (Å²) in [5.41, 5.74) is 2.61. The molecule has 0 radical (unpaired) electrons. The maximum atomic E-state index is 10.7. The fourth-order valence-corrected chi connectivity index (χ4v) is 2.48. The fraction of sp³-hybridized carbons (Fsp3) is 0.562. The molecule has 0 unspecified atom stereocenters. The number of ether oxygens (including phenoxy) is 1. The van der Waals surface area contributed by atoms with Crippen molar-refractivity contribution in [2.45, 2.75) is 51.7 Å². The summed E-state index contributed by atoms with van der Waals surface area (Å²) in [5.74, 6) is 0.272. The Kier molecular flexibility index (Phi) is 4.94. The van der Waals surface area contributed by atoms with E-state index in [0.29, 0.717) is 12.7 Å². The molecule has 1 fully saturated rings. The molecule has 0 spiro atoms. The number of benzene rings is 1. The largest absolute Gasteiger partial charge is 0.374 e. The fourth-order valence-electron chi connectivity index (χ4n) is 2.48. The van der Waals surface area contributed by atoms with Gasteiger partial charge in [-0.15, -0.1) is 0 Å². The Morgan fingerprint density at radius 2 is 1.72 bits per heavy atom. The van der Waals surface area contributed by atoms with Crippen molar-refractivity contribution in [2.75, 3.05) is 0 Å². The molecule has 98 valence electrons. The lowest BCUT2D eigenvalue weighted by Crippen LogP contribution is -2.22. The van der Waals surface area contributed by atoms with E-state index in [2.05, 4.69) is 31.2 Å². The second-order valence-corrected chi connectivity index (χ2v) is 5.15. The van der Waals surface area contributed by atoms with Crippen molar-refractivity contribution in [1.29, 1.82) is 0 Å².